The van der Waals surface area contributed by atoms with E-state index in [4.69, 9.17) is 9.68 Å². The fraction of sp³-hybridized carbons (Fsp3) is 0.0556. The Kier molecular flexibility index (Phi) is 4.36. The van der Waals surface area contributed by atoms with Crippen LogP contribution in [0.15, 0.2) is 75.1 Å². The van der Waals surface area contributed by atoms with Crippen molar-refractivity contribution >= 4 is 11.8 Å². The molecule has 2 nitrogen and oxygen atoms in total. The minimum atomic E-state index is -4.38. The highest BCUT2D eigenvalue weighted by Crippen LogP contribution is 2.39. The fourth-order valence-electron chi connectivity index (χ4n) is 2.18. The number of rotatable bonds is 3. The summed E-state index contributed by atoms with van der Waals surface area (Å²) in [5.41, 5.74) is 0.428. The Morgan fingerprint density at radius 3 is 2.50 bits per heavy atom. The maximum Gasteiger partial charge on any atom is 0.416 e. The van der Waals surface area contributed by atoms with Crippen molar-refractivity contribution in [3.63, 3.8) is 0 Å². The molecule has 2 aromatic carbocycles. The number of alkyl halides is 3. The highest BCUT2D eigenvalue weighted by Gasteiger charge is 2.30. The summed E-state index contributed by atoms with van der Waals surface area (Å²) < 4.78 is 43.9. The minimum Gasteiger partial charge on any atom is -0.464 e. The molecule has 0 aliphatic heterocycles. The predicted molar refractivity (Wildman–Crippen MR) is 84.4 cm³/mol. The predicted octanol–water partition coefficient (Wildman–Crippen LogP) is 5.99. The normalized spacial score (nSPS) is 11.2. The molecule has 3 rings (SSSR count). The average molecular weight is 345 g/mol. The van der Waals surface area contributed by atoms with Gasteiger partial charge in [0.2, 0.25) is 0 Å². The molecule has 0 spiro atoms. The van der Waals surface area contributed by atoms with Gasteiger partial charge in [-0.1, -0.05) is 17.8 Å². The van der Waals surface area contributed by atoms with Gasteiger partial charge in [0.1, 0.15) is 5.76 Å². The summed E-state index contributed by atoms with van der Waals surface area (Å²) >= 11 is 1.19. The molecule has 0 fully saturated rings. The van der Waals surface area contributed by atoms with Crippen molar-refractivity contribution in [3.05, 3.63) is 72.0 Å². The molecular weight excluding hydrogens is 335 g/mol. The molecule has 0 radical (unpaired) electrons. The first-order valence-corrected chi connectivity index (χ1v) is 7.72. The van der Waals surface area contributed by atoms with Gasteiger partial charge in [-0.2, -0.15) is 18.4 Å². The molecule has 3 aromatic rings. The lowest BCUT2D eigenvalue weighted by molar-refractivity contribution is -0.137. The zero-order chi connectivity index (χ0) is 17.2. The van der Waals surface area contributed by atoms with Crippen LogP contribution in [0.5, 0.6) is 0 Å². The molecule has 0 atom stereocenters. The van der Waals surface area contributed by atoms with Crippen LogP contribution >= 0.6 is 11.8 Å². The number of furan rings is 1. The van der Waals surface area contributed by atoms with Crippen molar-refractivity contribution < 1.29 is 17.6 Å². The summed E-state index contributed by atoms with van der Waals surface area (Å²) in [4.78, 5) is 1.17. The summed E-state index contributed by atoms with van der Waals surface area (Å²) in [6.45, 7) is 0. The average Bonchev–Trinajstić information content (AvgIpc) is 3.09. The monoisotopic (exact) mass is 345 g/mol. The van der Waals surface area contributed by atoms with E-state index < -0.39 is 11.7 Å². The SMILES string of the molecule is N#Cc1ccc(Sc2cccc(C(F)(F)F)c2)c(-c2ccco2)c1. The van der Waals surface area contributed by atoms with E-state index in [2.05, 4.69) is 0 Å². The van der Waals surface area contributed by atoms with E-state index in [-0.39, 0.29) is 0 Å². The molecule has 1 heterocycles. The largest absolute Gasteiger partial charge is 0.464 e. The molecular formula is C18H10F3NOS. The Morgan fingerprint density at radius 2 is 1.83 bits per heavy atom. The highest BCUT2D eigenvalue weighted by atomic mass is 32.2. The Hall–Kier alpha value is -2.65. The molecule has 0 saturated heterocycles. The van der Waals surface area contributed by atoms with Gasteiger partial charge in [-0.3, -0.25) is 0 Å². The van der Waals surface area contributed by atoms with Crippen molar-refractivity contribution in [2.75, 3.05) is 0 Å². The highest BCUT2D eigenvalue weighted by molar-refractivity contribution is 7.99. The molecule has 0 unspecified atom stereocenters. The molecule has 6 heteroatoms. The van der Waals surface area contributed by atoms with Gasteiger partial charge in [-0.25, -0.2) is 0 Å². The third-order valence-corrected chi connectivity index (χ3v) is 4.35. The van der Waals surface area contributed by atoms with Crippen LogP contribution in [0.4, 0.5) is 13.2 Å². The number of hydrogen-bond acceptors (Lipinski definition) is 3. The van der Waals surface area contributed by atoms with E-state index in [1.165, 1.54) is 24.1 Å². The molecule has 0 aliphatic carbocycles. The molecule has 24 heavy (non-hydrogen) atoms. The van der Waals surface area contributed by atoms with Crippen molar-refractivity contribution in [3.8, 4) is 17.4 Å². The minimum absolute atomic E-state index is 0.454. The van der Waals surface area contributed by atoms with Gasteiger partial charge in [0.05, 0.1) is 23.5 Å². The van der Waals surface area contributed by atoms with Gasteiger partial charge in [-0.15, -0.1) is 0 Å². The maximum atomic E-state index is 12.8. The van der Waals surface area contributed by atoms with Crippen molar-refractivity contribution in [1.82, 2.24) is 0 Å². The molecule has 0 amide bonds. The number of halogens is 3. The second kappa shape index (κ2) is 6.46. The third-order valence-electron chi connectivity index (χ3n) is 3.28. The van der Waals surface area contributed by atoms with Crippen LogP contribution in [0.3, 0.4) is 0 Å². The van der Waals surface area contributed by atoms with Crippen LogP contribution in [-0.2, 0) is 6.18 Å². The van der Waals surface area contributed by atoms with Crippen LogP contribution in [0.1, 0.15) is 11.1 Å². The van der Waals surface area contributed by atoms with Crippen molar-refractivity contribution in [1.29, 1.82) is 5.26 Å². The Balaban J connectivity index is 2.01. The Labute approximate surface area is 140 Å². The van der Waals surface area contributed by atoms with Gasteiger partial charge in [0.15, 0.2) is 0 Å². The second-order valence-corrected chi connectivity index (χ2v) is 6.04. The van der Waals surface area contributed by atoms with E-state index in [1.807, 2.05) is 6.07 Å². The van der Waals surface area contributed by atoms with Crippen LogP contribution < -0.4 is 0 Å². The lowest BCUT2D eigenvalue weighted by Crippen LogP contribution is -2.04. The lowest BCUT2D eigenvalue weighted by atomic mass is 10.1. The van der Waals surface area contributed by atoms with Crippen LogP contribution in [0.25, 0.3) is 11.3 Å². The number of nitrogens with zero attached hydrogens (tertiary/aromatic N) is 1. The van der Waals surface area contributed by atoms with Crippen LogP contribution in [0, 0.1) is 11.3 Å². The van der Waals surface area contributed by atoms with Gasteiger partial charge < -0.3 is 4.42 Å². The van der Waals surface area contributed by atoms with Crippen LogP contribution in [0.2, 0.25) is 0 Å². The topological polar surface area (TPSA) is 36.9 Å². The lowest BCUT2D eigenvalue weighted by Gasteiger charge is -2.10. The molecule has 1 aromatic heterocycles. The first-order chi connectivity index (χ1) is 11.5. The van der Waals surface area contributed by atoms with Crippen molar-refractivity contribution in [2.24, 2.45) is 0 Å². The number of nitriles is 1. The Bertz CT molecular complexity index is 895. The van der Waals surface area contributed by atoms with E-state index in [0.717, 1.165) is 12.1 Å². The summed E-state index contributed by atoms with van der Waals surface area (Å²) in [7, 11) is 0. The van der Waals surface area contributed by atoms with E-state index >= 15 is 0 Å². The fourth-order valence-corrected chi connectivity index (χ4v) is 3.17. The molecule has 0 N–H and O–H groups in total. The standard InChI is InChI=1S/C18H10F3NOS/c19-18(20,21)13-3-1-4-14(10-13)24-17-7-6-12(11-22)9-15(17)16-5-2-8-23-16/h1-10H. The molecule has 0 saturated carbocycles. The van der Waals surface area contributed by atoms with Gasteiger partial charge >= 0.3 is 6.18 Å². The summed E-state index contributed by atoms with van der Waals surface area (Å²) in [5.74, 6) is 0.557. The quantitative estimate of drug-likeness (QED) is 0.585. The molecule has 0 aliphatic rings. The van der Waals surface area contributed by atoms with Crippen molar-refractivity contribution in [2.45, 2.75) is 16.0 Å². The summed E-state index contributed by atoms with van der Waals surface area (Å²) in [6, 6.07) is 15.6. The van der Waals surface area contributed by atoms with Gasteiger partial charge in [0, 0.05) is 15.4 Å². The first kappa shape index (κ1) is 16.2. The maximum absolute atomic E-state index is 12.8. The van der Waals surface area contributed by atoms with E-state index in [0.29, 0.717) is 26.7 Å². The third kappa shape index (κ3) is 3.47. The summed E-state index contributed by atoms with van der Waals surface area (Å²) in [5, 5.41) is 9.05. The summed E-state index contributed by atoms with van der Waals surface area (Å²) in [6.07, 6.45) is -2.88. The van der Waals surface area contributed by atoms with E-state index in [1.54, 1.807) is 36.4 Å². The van der Waals surface area contributed by atoms with Gasteiger partial charge in [-0.05, 0) is 48.5 Å². The smallest absolute Gasteiger partial charge is 0.416 e. The molecule has 0 bridgehead atoms. The Morgan fingerprint density at radius 1 is 1.00 bits per heavy atom. The first-order valence-electron chi connectivity index (χ1n) is 6.90. The van der Waals surface area contributed by atoms with E-state index in [9.17, 15) is 13.2 Å². The van der Waals surface area contributed by atoms with Crippen LogP contribution in [-0.4, -0.2) is 0 Å². The zero-order valence-corrected chi connectivity index (χ0v) is 13.0. The number of benzene rings is 2. The molecule has 120 valence electrons. The van der Waals surface area contributed by atoms with Gasteiger partial charge in [0.25, 0.3) is 0 Å². The zero-order valence-electron chi connectivity index (χ0n) is 12.2. The second-order valence-electron chi connectivity index (χ2n) is 4.93. The number of hydrogen-bond donors (Lipinski definition) is 0.